The van der Waals surface area contributed by atoms with E-state index in [4.69, 9.17) is 9.15 Å². The summed E-state index contributed by atoms with van der Waals surface area (Å²) in [5.41, 5.74) is 2.26. The van der Waals surface area contributed by atoms with E-state index < -0.39 is 0 Å². The van der Waals surface area contributed by atoms with Crippen LogP contribution in [-0.4, -0.2) is 18.6 Å². The highest BCUT2D eigenvalue weighted by molar-refractivity contribution is 5.79. The third-order valence-corrected chi connectivity index (χ3v) is 3.35. The Morgan fingerprint density at radius 1 is 1.25 bits per heavy atom. The molecule has 24 heavy (non-hydrogen) atoms. The Labute approximate surface area is 144 Å². The van der Waals surface area contributed by atoms with Crippen LogP contribution in [0.15, 0.2) is 46.0 Å². The number of aryl methyl sites for hydroxylation is 1. The molecule has 0 saturated carbocycles. The average molecular weight is 329 g/mol. The molecule has 2 aromatic rings. The third-order valence-electron chi connectivity index (χ3n) is 3.35. The first kappa shape index (κ1) is 17.9. The van der Waals surface area contributed by atoms with Crippen LogP contribution in [0.1, 0.15) is 37.7 Å². The number of furan rings is 1. The molecule has 0 spiro atoms. The number of benzene rings is 1. The highest BCUT2D eigenvalue weighted by Gasteiger charge is 2.07. The number of hydrogen-bond acceptors (Lipinski definition) is 3. The highest BCUT2D eigenvalue weighted by Crippen LogP contribution is 2.22. The predicted octanol–water partition coefficient (Wildman–Crippen LogP) is 3.63. The van der Waals surface area contributed by atoms with E-state index in [9.17, 15) is 0 Å². The molecule has 1 aromatic heterocycles. The van der Waals surface area contributed by atoms with E-state index in [0.29, 0.717) is 13.1 Å². The molecule has 0 unspecified atom stereocenters. The van der Waals surface area contributed by atoms with E-state index in [1.807, 2.05) is 32.9 Å². The fourth-order valence-corrected chi connectivity index (χ4v) is 2.25. The van der Waals surface area contributed by atoms with Gasteiger partial charge in [-0.05, 0) is 51.5 Å². The minimum atomic E-state index is 0.139. The fourth-order valence-electron chi connectivity index (χ4n) is 2.25. The number of rotatable bonds is 7. The molecule has 1 aromatic carbocycles. The molecular weight excluding hydrogens is 302 g/mol. The van der Waals surface area contributed by atoms with Crippen molar-refractivity contribution in [1.82, 2.24) is 10.6 Å². The van der Waals surface area contributed by atoms with E-state index >= 15 is 0 Å². The summed E-state index contributed by atoms with van der Waals surface area (Å²) >= 11 is 0. The van der Waals surface area contributed by atoms with Gasteiger partial charge in [0, 0.05) is 12.1 Å². The molecule has 5 heteroatoms. The molecule has 0 aliphatic rings. The van der Waals surface area contributed by atoms with Gasteiger partial charge in [0.2, 0.25) is 0 Å². The molecule has 0 radical (unpaired) electrons. The van der Waals surface area contributed by atoms with E-state index in [-0.39, 0.29) is 6.10 Å². The van der Waals surface area contributed by atoms with Crippen LogP contribution in [0.4, 0.5) is 0 Å². The van der Waals surface area contributed by atoms with Crippen molar-refractivity contribution in [3.05, 3.63) is 53.5 Å². The number of aliphatic imine (C=N–C) groups is 1. The molecule has 130 valence electrons. The molecule has 0 saturated heterocycles. The van der Waals surface area contributed by atoms with E-state index in [1.165, 1.54) is 5.56 Å². The van der Waals surface area contributed by atoms with Gasteiger partial charge in [-0.3, -0.25) is 0 Å². The summed E-state index contributed by atoms with van der Waals surface area (Å²) in [5.74, 6) is 2.53. The Hall–Kier alpha value is -2.43. The van der Waals surface area contributed by atoms with Gasteiger partial charge in [-0.2, -0.15) is 0 Å². The van der Waals surface area contributed by atoms with Crippen molar-refractivity contribution >= 4 is 5.96 Å². The van der Waals surface area contributed by atoms with Crippen LogP contribution in [0.25, 0.3) is 0 Å². The van der Waals surface area contributed by atoms with Crippen molar-refractivity contribution in [2.75, 3.05) is 6.54 Å². The fraction of sp³-hybridized carbons (Fsp3) is 0.421. The quantitative estimate of drug-likeness (QED) is 0.601. The summed E-state index contributed by atoms with van der Waals surface area (Å²) in [4.78, 5) is 4.65. The van der Waals surface area contributed by atoms with Crippen LogP contribution in [0.2, 0.25) is 0 Å². The Kier molecular flexibility index (Phi) is 6.73. The molecule has 0 atom stereocenters. The van der Waals surface area contributed by atoms with Crippen molar-refractivity contribution in [2.45, 2.75) is 46.9 Å². The second kappa shape index (κ2) is 9.01. The van der Waals surface area contributed by atoms with Crippen LogP contribution in [0, 0.1) is 6.92 Å². The summed E-state index contributed by atoms with van der Waals surface area (Å²) in [5, 5.41) is 6.51. The Morgan fingerprint density at radius 2 is 2.08 bits per heavy atom. The maximum atomic E-state index is 5.91. The molecule has 5 nitrogen and oxygen atoms in total. The number of ether oxygens (including phenoxy) is 1. The third kappa shape index (κ3) is 5.65. The van der Waals surface area contributed by atoms with Crippen molar-refractivity contribution in [3.63, 3.8) is 0 Å². The molecule has 0 bridgehead atoms. The smallest absolute Gasteiger partial charge is 0.191 e. The number of nitrogens with zero attached hydrogens (tertiary/aromatic N) is 1. The summed E-state index contributed by atoms with van der Waals surface area (Å²) in [6.45, 7) is 10.1. The van der Waals surface area contributed by atoms with Gasteiger partial charge in [-0.15, -0.1) is 0 Å². The van der Waals surface area contributed by atoms with Crippen LogP contribution in [0.5, 0.6) is 5.75 Å². The van der Waals surface area contributed by atoms with E-state index in [1.54, 1.807) is 6.26 Å². The minimum Gasteiger partial charge on any atom is -0.491 e. The average Bonchev–Trinajstić information content (AvgIpc) is 3.04. The van der Waals surface area contributed by atoms with Crippen LogP contribution < -0.4 is 15.4 Å². The van der Waals surface area contributed by atoms with Gasteiger partial charge in [-0.25, -0.2) is 4.99 Å². The van der Waals surface area contributed by atoms with Gasteiger partial charge >= 0.3 is 0 Å². The second-order valence-electron chi connectivity index (χ2n) is 5.91. The molecule has 1 heterocycles. The van der Waals surface area contributed by atoms with Crippen LogP contribution in [0.3, 0.4) is 0 Å². The zero-order chi connectivity index (χ0) is 17.4. The molecule has 2 rings (SSSR count). The standard InChI is InChI=1S/C19H27N3O2/c1-5-20-19(22-13-17-7-6-10-23-17)21-12-16-9-8-15(4)11-18(16)24-14(2)3/h6-11,14H,5,12-13H2,1-4H3,(H2,20,21,22). The van der Waals surface area contributed by atoms with Crippen molar-refractivity contribution in [3.8, 4) is 5.75 Å². The molecule has 0 amide bonds. The van der Waals surface area contributed by atoms with E-state index in [0.717, 1.165) is 29.6 Å². The Morgan fingerprint density at radius 3 is 2.75 bits per heavy atom. The summed E-state index contributed by atoms with van der Waals surface area (Å²) in [6, 6.07) is 10.0. The molecule has 0 aliphatic carbocycles. The summed E-state index contributed by atoms with van der Waals surface area (Å²) < 4.78 is 11.2. The highest BCUT2D eigenvalue weighted by atomic mass is 16.5. The van der Waals surface area contributed by atoms with Gasteiger partial charge in [0.05, 0.1) is 25.5 Å². The minimum absolute atomic E-state index is 0.139. The lowest BCUT2D eigenvalue weighted by Crippen LogP contribution is -2.36. The van der Waals surface area contributed by atoms with Gasteiger partial charge in [0.15, 0.2) is 5.96 Å². The zero-order valence-electron chi connectivity index (χ0n) is 14.9. The van der Waals surface area contributed by atoms with Crippen molar-refractivity contribution in [1.29, 1.82) is 0 Å². The molecule has 0 fully saturated rings. The maximum absolute atomic E-state index is 5.91. The normalized spacial score (nSPS) is 11.6. The number of nitrogens with one attached hydrogen (secondary N) is 2. The molecular formula is C19H27N3O2. The lowest BCUT2D eigenvalue weighted by atomic mass is 10.1. The van der Waals surface area contributed by atoms with Crippen molar-refractivity contribution < 1.29 is 9.15 Å². The summed E-state index contributed by atoms with van der Waals surface area (Å²) in [6.07, 6.45) is 1.81. The largest absolute Gasteiger partial charge is 0.491 e. The first-order valence-corrected chi connectivity index (χ1v) is 8.39. The maximum Gasteiger partial charge on any atom is 0.191 e. The lowest BCUT2D eigenvalue weighted by molar-refractivity contribution is 0.240. The monoisotopic (exact) mass is 329 g/mol. The molecule has 2 N–H and O–H groups in total. The second-order valence-corrected chi connectivity index (χ2v) is 5.91. The number of guanidine groups is 1. The van der Waals surface area contributed by atoms with Crippen LogP contribution in [-0.2, 0) is 13.1 Å². The number of hydrogen-bond donors (Lipinski definition) is 2. The topological polar surface area (TPSA) is 58.8 Å². The van der Waals surface area contributed by atoms with Crippen molar-refractivity contribution in [2.24, 2.45) is 4.99 Å². The Bertz CT molecular complexity index is 649. The first-order valence-electron chi connectivity index (χ1n) is 8.39. The van der Waals surface area contributed by atoms with Gasteiger partial charge in [-0.1, -0.05) is 12.1 Å². The molecule has 0 aliphatic heterocycles. The SMILES string of the molecule is CCNC(=NCc1ccc(C)cc1OC(C)C)NCc1ccco1. The van der Waals surface area contributed by atoms with E-state index in [2.05, 4.69) is 40.7 Å². The summed E-state index contributed by atoms with van der Waals surface area (Å²) in [7, 11) is 0. The zero-order valence-corrected chi connectivity index (χ0v) is 14.9. The van der Waals surface area contributed by atoms with Crippen LogP contribution >= 0.6 is 0 Å². The van der Waals surface area contributed by atoms with Gasteiger partial charge < -0.3 is 19.8 Å². The lowest BCUT2D eigenvalue weighted by Gasteiger charge is -2.15. The Balaban J connectivity index is 2.07. The van der Waals surface area contributed by atoms with Gasteiger partial charge in [0.1, 0.15) is 11.5 Å². The first-order chi connectivity index (χ1) is 11.6. The van der Waals surface area contributed by atoms with Gasteiger partial charge in [0.25, 0.3) is 0 Å². The predicted molar refractivity (Wildman–Crippen MR) is 97.3 cm³/mol.